The van der Waals surface area contributed by atoms with Crippen molar-refractivity contribution in [3.8, 4) is 0 Å². The average Bonchev–Trinajstić information content (AvgIpc) is 2.48. The normalized spacial score (nSPS) is 12.4. The molecule has 0 aromatic heterocycles. The number of aryl methyl sites for hydroxylation is 1. The van der Waals surface area contributed by atoms with Gasteiger partial charge in [0.1, 0.15) is 0 Å². The molecule has 0 aliphatic rings. The van der Waals surface area contributed by atoms with Crippen molar-refractivity contribution < 1.29 is 0 Å². The molecule has 0 radical (unpaired) electrons. The van der Waals surface area contributed by atoms with Crippen LogP contribution in [0.2, 0.25) is 0 Å². The van der Waals surface area contributed by atoms with E-state index in [1.54, 1.807) is 0 Å². The molecule has 106 valence electrons. The Hall–Kier alpha value is -0.430. The van der Waals surface area contributed by atoms with Gasteiger partial charge >= 0.3 is 0 Å². The van der Waals surface area contributed by atoms with Gasteiger partial charge in [-0.15, -0.1) is 0 Å². The molecular formula is C16H18BrIN2. The Balaban J connectivity index is 2.21. The fraction of sp³-hybridized carbons (Fsp3) is 0.250. The smallest absolute Gasteiger partial charge is 0.0511 e. The maximum Gasteiger partial charge on any atom is 0.0511 e. The summed E-state index contributed by atoms with van der Waals surface area (Å²) in [5.74, 6) is 5.76. The van der Waals surface area contributed by atoms with E-state index in [9.17, 15) is 0 Å². The number of halogens is 2. The predicted octanol–water partition coefficient (Wildman–Crippen LogP) is 4.36. The Labute approximate surface area is 142 Å². The first kappa shape index (κ1) is 15.9. The summed E-state index contributed by atoms with van der Waals surface area (Å²) in [5, 5.41) is 0. The topological polar surface area (TPSA) is 38.0 Å². The Morgan fingerprint density at radius 2 is 1.80 bits per heavy atom. The van der Waals surface area contributed by atoms with E-state index in [4.69, 9.17) is 5.84 Å². The first-order valence-corrected chi connectivity index (χ1v) is 8.50. The molecule has 2 aromatic carbocycles. The first-order valence-electron chi connectivity index (χ1n) is 6.63. The Kier molecular flexibility index (Phi) is 6.01. The van der Waals surface area contributed by atoms with Crippen molar-refractivity contribution in [2.75, 3.05) is 0 Å². The molecule has 2 aromatic rings. The summed E-state index contributed by atoms with van der Waals surface area (Å²) in [7, 11) is 0. The van der Waals surface area contributed by atoms with Crippen LogP contribution in [0.15, 0.2) is 46.9 Å². The van der Waals surface area contributed by atoms with Gasteiger partial charge in [-0.2, -0.15) is 0 Å². The van der Waals surface area contributed by atoms with E-state index in [1.165, 1.54) is 20.3 Å². The molecule has 0 heterocycles. The highest BCUT2D eigenvalue weighted by molar-refractivity contribution is 14.1. The summed E-state index contributed by atoms with van der Waals surface area (Å²) in [6, 6.07) is 15.2. The van der Waals surface area contributed by atoms with Crippen molar-refractivity contribution in [1.82, 2.24) is 5.43 Å². The molecule has 20 heavy (non-hydrogen) atoms. The quantitative estimate of drug-likeness (QED) is 0.408. The lowest BCUT2D eigenvalue weighted by Gasteiger charge is -2.18. The predicted molar refractivity (Wildman–Crippen MR) is 96.4 cm³/mol. The van der Waals surface area contributed by atoms with Gasteiger partial charge in [0.2, 0.25) is 0 Å². The first-order chi connectivity index (χ1) is 9.63. The van der Waals surface area contributed by atoms with Gasteiger partial charge in [-0.25, -0.2) is 0 Å². The lowest BCUT2D eigenvalue weighted by molar-refractivity contribution is 0.549. The molecule has 0 amide bonds. The van der Waals surface area contributed by atoms with Crippen molar-refractivity contribution >= 4 is 38.5 Å². The summed E-state index contributed by atoms with van der Waals surface area (Å²) in [4.78, 5) is 0. The maximum absolute atomic E-state index is 5.76. The average molecular weight is 445 g/mol. The van der Waals surface area contributed by atoms with Gasteiger partial charge in [0, 0.05) is 8.04 Å². The van der Waals surface area contributed by atoms with Crippen LogP contribution < -0.4 is 11.3 Å². The number of hydrogen-bond donors (Lipinski definition) is 2. The standard InChI is InChI=1S/C16H18BrIN2/c1-2-11-3-5-12(6-4-11)9-16(20-19)14-10-13(17)7-8-15(14)18/h3-8,10,16,20H,2,9,19H2,1H3. The fourth-order valence-corrected chi connectivity index (χ4v) is 3.28. The lowest BCUT2D eigenvalue weighted by Crippen LogP contribution is -2.30. The molecule has 2 nitrogen and oxygen atoms in total. The van der Waals surface area contributed by atoms with Crippen molar-refractivity contribution in [3.63, 3.8) is 0 Å². The van der Waals surface area contributed by atoms with Gasteiger partial charge in [-0.1, -0.05) is 47.1 Å². The van der Waals surface area contributed by atoms with E-state index in [2.05, 4.69) is 93.3 Å². The molecule has 1 unspecified atom stereocenters. The second-order valence-electron chi connectivity index (χ2n) is 4.76. The molecule has 0 aliphatic heterocycles. The van der Waals surface area contributed by atoms with Crippen LogP contribution in [-0.2, 0) is 12.8 Å². The second kappa shape index (κ2) is 7.54. The van der Waals surface area contributed by atoms with Crippen LogP contribution in [0.5, 0.6) is 0 Å². The van der Waals surface area contributed by atoms with E-state index < -0.39 is 0 Å². The zero-order chi connectivity index (χ0) is 14.5. The van der Waals surface area contributed by atoms with Gasteiger partial charge in [0.25, 0.3) is 0 Å². The number of nitrogens with one attached hydrogen (secondary N) is 1. The largest absolute Gasteiger partial charge is 0.271 e. The fourth-order valence-electron chi connectivity index (χ4n) is 2.19. The van der Waals surface area contributed by atoms with Crippen LogP contribution >= 0.6 is 38.5 Å². The van der Waals surface area contributed by atoms with Crippen LogP contribution in [0.1, 0.15) is 29.7 Å². The van der Waals surface area contributed by atoms with Gasteiger partial charge < -0.3 is 0 Å². The van der Waals surface area contributed by atoms with Crippen LogP contribution in [0.3, 0.4) is 0 Å². The molecule has 2 rings (SSSR count). The summed E-state index contributed by atoms with van der Waals surface area (Å²) in [6.07, 6.45) is 1.95. The third-order valence-corrected chi connectivity index (χ3v) is 4.88. The minimum Gasteiger partial charge on any atom is -0.271 e. The molecule has 0 aliphatic carbocycles. The van der Waals surface area contributed by atoms with E-state index in [1.807, 2.05) is 0 Å². The molecule has 3 N–H and O–H groups in total. The Morgan fingerprint density at radius 1 is 1.15 bits per heavy atom. The minimum atomic E-state index is 0.117. The van der Waals surface area contributed by atoms with Crippen molar-refractivity contribution in [1.29, 1.82) is 0 Å². The Morgan fingerprint density at radius 3 is 2.40 bits per heavy atom. The summed E-state index contributed by atoms with van der Waals surface area (Å²) >= 11 is 5.88. The van der Waals surface area contributed by atoms with Crippen LogP contribution in [0.4, 0.5) is 0 Å². The zero-order valence-corrected chi connectivity index (χ0v) is 15.1. The Bertz CT molecular complexity index is 569. The van der Waals surface area contributed by atoms with Gasteiger partial charge in [-0.05, 0) is 70.3 Å². The third-order valence-electron chi connectivity index (χ3n) is 3.41. The van der Waals surface area contributed by atoms with Gasteiger partial charge in [0.05, 0.1) is 6.04 Å². The van der Waals surface area contributed by atoms with Gasteiger partial charge in [-0.3, -0.25) is 11.3 Å². The molecule has 0 bridgehead atoms. The third kappa shape index (κ3) is 4.04. The number of hydrogen-bond acceptors (Lipinski definition) is 2. The number of benzene rings is 2. The molecular weight excluding hydrogens is 427 g/mol. The van der Waals surface area contributed by atoms with Crippen molar-refractivity contribution in [2.45, 2.75) is 25.8 Å². The summed E-state index contributed by atoms with van der Waals surface area (Å²) in [6.45, 7) is 2.17. The molecule has 0 saturated heterocycles. The zero-order valence-electron chi connectivity index (χ0n) is 11.4. The SMILES string of the molecule is CCc1ccc(CC(NN)c2cc(Br)ccc2I)cc1. The maximum atomic E-state index is 5.76. The molecule has 0 saturated carbocycles. The van der Waals surface area contributed by atoms with Crippen LogP contribution in [-0.4, -0.2) is 0 Å². The minimum absolute atomic E-state index is 0.117. The second-order valence-corrected chi connectivity index (χ2v) is 6.84. The lowest BCUT2D eigenvalue weighted by atomic mass is 9.98. The van der Waals surface area contributed by atoms with E-state index in [-0.39, 0.29) is 6.04 Å². The highest BCUT2D eigenvalue weighted by atomic mass is 127. The monoisotopic (exact) mass is 444 g/mol. The van der Waals surface area contributed by atoms with E-state index >= 15 is 0 Å². The number of hydrazine groups is 1. The highest BCUT2D eigenvalue weighted by Crippen LogP contribution is 2.26. The summed E-state index contributed by atoms with van der Waals surface area (Å²) in [5.41, 5.74) is 6.82. The van der Waals surface area contributed by atoms with Gasteiger partial charge in [0.15, 0.2) is 0 Å². The molecule has 1 atom stereocenters. The number of nitrogens with two attached hydrogens (primary N) is 1. The van der Waals surface area contributed by atoms with E-state index in [0.29, 0.717) is 0 Å². The highest BCUT2D eigenvalue weighted by Gasteiger charge is 2.14. The van der Waals surface area contributed by atoms with Crippen LogP contribution in [0, 0.1) is 3.57 Å². The molecule has 4 heteroatoms. The molecule has 0 spiro atoms. The molecule has 0 fully saturated rings. The van der Waals surface area contributed by atoms with Crippen LogP contribution in [0.25, 0.3) is 0 Å². The number of rotatable bonds is 5. The van der Waals surface area contributed by atoms with E-state index in [0.717, 1.165) is 17.3 Å². The van der Waals surface area contributed by atoms with Crippen molar-refractivity contribution in [3.05, 3.63) is 67.2 Å². The van der Waals surface area contributed by atoms with Crippen molar-refractivity contribution in [2.24, 2.45) is 5.84 Å². The summed E-state index contributed by atoms with van der Waals surface area (Å²) < 4.78 is 2.30.